The molecule has 3 aromatic carbocycles. The number of anilines is 1. The van der Waals surface area contributed by atoms with Crippen molar-refractivity contribution in [3.05, 3.63) is 101 Å². The molecule has 1 saturated heterocycles. The van der Waals surface area contributed by atoms with Crippen molar-refractivity contribution < 1.29 is 63.9 Å². The third-order valence-electron chi connectivity index (χ3n) is 12.2. The minimum Gasteiger partial charge on any atom is -0.456 e. The Kier molecular flexibility index (Phi) is 13.7. The summed E-state index contributed by atoms with van der Waals surface area (Å²) < 4.78 is 88.9. The molecule has 0 spiro atoms. The maximum atomic E-state index is 13.1. The predicted molar refractivity (Wildman–Crippen MR) is 243 cm³/mol. The SMILES string of the molecule is COCCOCCN1c2cc3c(cc2C(C)=CC1(C)C)C(=CC1=[N+](CCCS(=O)(=O)O)c2ccc(S(=O)(=O)O)cc2C1(C)CCCC(=O)ON1C(=O)CCC1=O)C=C(c1ccccc1)O3. The van der Waals surface area contributed by atoms with Crippen LogP contribution < -0.4 is 9.64 Å². The van der Waals surface area contributed by atoms with E-state index in [2.05, 4.69) is 37.8 Å². The second-order valence-electron chi connectivity index (χ2n) is 17.2. The van der Waals surface area contributed by atoms with Crippen molar-refractivity contribution in [1.29, 1.82) is 0 Å². The minimum absolute atomic E-state index is 0.0194. The first-order chi connectivity index (χ1) is 30.7. The van der Waals surface area contributed by atoms with Crippen molar-refractivity contribution in [3.63, 3.8) is 0 Å². The zero-order valence-corrected chi connectivity index (χ0v) is 38.7. The topological polar surface area (TPSA) is 206 Å². The van der Waals surface area contributed by atoms with Crippen molar-refractivity contribution in [3.8, 4) is 5.75 Å². The van der Waals surface area contributed by atoms with Crippen LogP contribution in [0, 0.1) is 0 Å². The van der Waals surface area contributed by atoms with Crippen LogP contribution in [-0.4, -0.2) is 110 Å². The second-order valence-corrected chi connectivity index (χ2v) is 20.2. The number of carbonyl (C=O) groups is 3. The first-order valence-corrected chi connectivity index (χ1v) is 24.4. The molecule has 18 heteroatoms. The molecule has 65 heavy (non-hydrogen) atoms. The fourth-order valence-corrected chi connectivity index (χ4v) is 10.1. The fraction of sp³-hybridized carbons (Fsp3) is 0.404. The van der Waals surface area contributed by atoms with Gasteiger partial charge < -0.3 is 23.9 Å². The number of ether oxygens (including phenoxy) is 3. The van der Waals surface area contributed by atoms with Gasteiger partial charge in [0.1, 0.15) is 18.1 Å². The number of carbonyl (C=O) groups excluding carboxylic acids is 3. The number of amides is 2. The number of hydrogen-bond acceptors (Lipinski definition) is 12. The number of methoxy groups -OCH3 is 1. The van der Waals surface area contributed by atoms with Gasteiger partial charge in [0, 0.05) is 85.5 Å². The van der Waals surface area contributed by atoms with Crippen LogP contribution in [0.15, 0.2) is 83.8 Å². The van der Waals surface area contributed by atoms with Gasteiger partial charge in [-0.3, -0.25) is 18.7 Å². The van der Waals surface area contributed by atoms with E-state index < -0.39 is 49.2 Å². The lowest BCUT2D eigenvalue weighted by Gasteiger charge is -2.44. The number of imide groups is 1. The van der Waals surface area contributed by atoms with E-state index in [4.69, 9.17) is 19.0 Å². The predicted octanol–water partition coefficient (Wildman–Crippen LogP) is 6.53. The number of fused-ring (bicyclic) bond motifs is 3. The Morgan fingerprint density at radius 2 is 1.65 bits per heavy atom. The van der Waals surface area contributed by atoms with Crippen LogP contribution in [0.5, 0.6) is 5.75 Å². The molecule has 346 valence electrons. The second kappa shape index (κ2) is 18.8. The fourth-order valence-electron chi connectivity index (χ4n) is 9.06. The molecule has 1 unspecified atom stereocenters. The molecular weight excluding hydrogens is 879 g/mol. The van der Waals surface area contributed by atoms with Crippen molar-refractivity contribution in [2.75, 3.05) is 50.7 Å². The third-order valence-corrected chi connectivity index (χ3v) is 13.8. The van der Waals surface area contributed by atoms with E-state index in [0.29, 0.717) is 65.5 Å². The largest absolute Gasteiger partial charge is 0.456 e. The quantitative estimate of drug-likeness (QED) is 0.0603. The Bertz CT molecular complexity index is 2740. The van der Waals surface area contributed by atoms with E-state index in [1.54, 1.807) is 7.11 Å². The van der Waals surface area contributed by atoms with Gasteiger partial charge in [-0.1, -0.05) is 36.4 Å². The van der Waals surface area contributed by atoms with Crippen LogP contribution in [0.3, 0.4) is 0 Å². The van der Waals surface area contributed by atoms with Crippen LogP contribution in [0.1, 0.15) is 88.5 Å². The minimum atomic E-state index is -4.69. The van der Waals surface area contributed by atoms with E-state index in [-0.39, 0.29) is 55.5 Å². The van der Waals surface area contributed by atoms with Gasteiger partial charge in [0.05, 0.1) is 41.4 Å². The lowest BCUT2D eigenvalue weighted by Crippen LogP contribution is -2.46. The molecular formula is C47H54N3O13S2+. The number of allylic oxidation sites excluding steroid dienone is 4. The molecule has 7 rings (SSSR count). The molecule has 4 aliphatic rings. The maximum absolute atomic E-state index is 13.1. The Balaban J connectivity index is 1.38. The van der Waals surface area contributed by atoms with Gasteiger partial charge in [-0.25, -0.2) is 4.79 Å². The summed E-state index contributed by atoms with van der Waals surface area (Å²) in [6, 6.07) is 17.8. The van der Waals surface area contributed by atoms with Crippen LogP contribution in [0.25, 0.3) is 16.9 Å². The average molecular weight is 933 g/mol. The standard InChI is InChI=1S/C47H53N3O13S2/c1-31-30-46(2,3)49(20-21-61-23-22-60-5)39-29-41-36(28-35(31)39)33(25-40(62-41)32-11-7-6-8-12-32)26-42-47(4,18-9-13-45(53)63-50-43(51)16-17-44(50)52)37-27-34(65(57,58)59)14-15-38(37)48(42)19-10-24-64(54,55)56/h6-8,11-12,14-15,25-30H,9-10,13,16-24H2,1-5H3,(H-,54,55,56,57,58,59)/p+1. The molecule has 0 bridgehead atoms. The Morgan fingerprint density at radius 1 is 0.923 bits per heavy atom. The number of hydroxylamine groups is 2. The Hall–Kier alpha value is -5.50. The summed E-state index contributed by atoms with van der Waals surface area (Å²) >= 11 is 0. The van der Waals surface area contributed by atoms with Crippen molar-refractivity contribution in [1.82, 2.24) is 5.06 Å². The van der Waals surface area contributed by atoms with Gasteiger partial charge in [0.2, 0.25) is 5.69 Å². The summed E-state index contributed by atoms with van der Waals surface area (Å²) in [5.41, 5.74) is 5.26. The molecule has 2 amide bonds. The highest BCUT2D eigenvalue weighted by atomic mass is 32.2. The molecule has 16 nitrogen and oxygen atoms in total. The molecule has 3 aromatic rings. The molecule has 1 atom stereocenters. The summed E-state index contributed by atoms with van der Waals surface area (Å²) in [5, 5.41) is 0.484. The highest BCUT2D eigenvalue weighted by Gasteiger charge is 2.49. The van der Waals surface area contributed by atoms with Gasteiger partial charge >= 0.3 is 5.97 Å². The lowest BCUT2D eigenvalue weighted by atomic mass is 9.74. The van der Waals surface area contributed by atoms with Crippen molar-refractivity contribution in [2.45, 2.75) is 82.1 Å². The zero-order chi connectivity index (χ0) is 46.9. The molecule has 2 N–H and O–H groups in total. The summed E-state index contributed by atoms with van der Waals surface area (Å²) in [6.45, 7) is 10.2. The van der Waals surface area contributed by atoms with E-state index in [1.807, 2.05) is 60.0 Å². The molecule has 1 fully saturated rings. The highest BCUT2D eigenvalue weighted by molar-refractivity contribution is 7.86. The molecule has 0 saturated carbocycles. The van der Waals surface area contributed by atoms with Gasteiger partial charge in [-0.15, -0.1) is 5.06 Å². The maximum Gasteiger partial charge on any atom is 0.333 e. The Morgan fingerprint density at radius 3 is 2.32 bits per heavy atom. The summed E-state index contributed by atoms with van der Waals surface area (Å²) in [7, 11) is -7.43. The van der Waals surface area contributed by atoms with Gasteiger partial charge in [-0.2, -0.15) is 21.4 Å². The number of hydrogen-bond donors (Lipinski definition) is 2. The van der Waals surface area contributed by atoms with Crippen LogP contribution in [-0.2, 0) is 54.3 Å². The third kappa shape index (κ3) is 10.3. The summed E-state index contributed by atoms with van der Waals surface area (Å²) in [5.74, 6) is -1.50. The lowest BCUT2D eigenvalue weighted by molar-refractivity contribution is -0.437. The molecule has 4 aliphatic heterocycles. The normalized spacial score (nSPS) is 19.8. The van der Waals surface area contributed by atoms with Gasteiger partial charge in [-0.05, 0) is 76.0 Å². The zero-order valence-electron chi connectivity index (χ0n) is 37.0. The summed E-state index contributed by atoms with van der Waals surface area (Å²) in [4.78, 5) is 44.5. The molecule has 0 aliphatic carbocycles. The van der Waals surface area contributed by atoms with E-state index in [9.17, 15) is 40.3 Å². The molecule has 4 heterocycles. The number of benzene rings is 3. The summed E-state index contributed by atoms with van der Waals surface area (Å²) in [6.07, 6.45) is 6.02. The smallest absolute Gasteiger partial charge is 0.333 e. The first-order valence-electron chi connectivity index (χ1n) is 21.4. The van der Waals surface area contributed by atoms with Crippen molar-refractivity contribution >= 4 is 72.0 Å². The number of nitrogens with zero attached hydrogens (tertiary/aromatic N) is 3. The van der Waals surface area contributed by atoms with Gasteiger partial charge in [0.25, 0.3) is 32.1 Å². The van der Waals surface area contributed by atoms with E-state index in [1.165, 1.54) is 18.2 Å². The highest BCUT2D eigenvalue weighted by Crippen LogP contribution is 2.49. The van der Waals surface area contributed by atoms with Crippen LogP contribution >= 0.6 is 0 Å². The van der Waals surface area contributed by atoms with E-state index in [0.717, 1.165) is 28.0 Å². The van der Waals surface area contributed by atoms with Crippen LogP contribution in [0.2, 0.25) is 0 Å². The Labute approximate surface area is 379 Å². The van der Waals surface area contributed by atoms with Gasteiger partial charge in [0.15, 0.2) is 5.71 Å². The number of rotatable bonds is 18. The first kappa shape index (κ1) is 47.5. The molecule has 0 radical (unpaired) electrons. The van der Waals surface area contributed by atoms with Crippen molar-refractivity contribution in [2.24, 2.45) is 0 Å². The monoisotopic (exact) mass is 932 g/mol. The molecule has 0 aromatic heterocycles. The van der Waals surface area contributed by atoms with Crippen LogP contribution in [0.4, 0.5) is 11.4 Å². The average Bonchev–Trinajstić information content (AvgIpc) is 3.67. The van der Waals surface area contributed by atoms with E-state index >= 15 is 0 Å².